The van der Waals surface area contributed by atoms with Gasteiger partial charge in [-0.15, -0.1) is 0 Å². The van der Waals surface area contributed by atoms with Gasteiger partial charge in [0.05, 0.1) is 19.8 Å². The summed E-state index contributed by atoms with van der Waals surface area (Å²) < 4.78 is 5.24. The number of carbonyl (C=O) groups is 1. The number of aliphatic hydroxyl groups excluding tert-OH is 1. The van der Waals surface area contributed by atoms with Gasteiger partial charge in [0.25, 0.3) is 5.91 Å². The number of nitrogens with zero attached hydrogens (tertiary/aromatic N) is 1. The quantitative estimate of drug-likeness (QED) is 0.678. The molecule has 1 saturated heterocycles. The van der Waals surface area contributed by atoms with Crippen LogP contribution in [-0.2, 0) is 11.2 Å². The standard InChI is InChI=1S/C14H21N3O3/c15-12(10-18)9-11-3-1-2-4-13(11)14(19)16-17-5-7-20-8-6-17/h1-4,12,18H,5-10,15H2,(H,16,19)/t12-/m1/s1. The lowest BCUT2D eigenvalue weighted by Crippen LogP contribution is -2.48. The van der Waals surface area contributed by atoms with Gasteiger partial charge in [-0.25, -0.2) is 5.01 Å². The predicted octanol–water partition coefficient (Wildman–Crippen LogP) is -0.474. The molecule has 1 aliphatic rings. The molecule has 20 heavy (non-hydrogen) atoms. The third-order valence-electron chi connectivity index (χ3n) is 3.25. The van der Waals surface area contributed by atoms with E-state index in [0.717, 1.165) is 5.56 Å². The zero-order valence-electron chi connectivity index (χ0n) is 11.4. The van der Waals surface area contributed by atoms with E-state index in [0.29, 0.717) is 38.3 Å². The number of ether oxygens (including phenoxy) is 1. The van der Waals surface area contributed by atoms with Crippen LogP contribution < -0.4 is 11.2 Å². The minimum Gasteiger partial charge on any atom is -0.395 e. The number of rotatable bonds is 5. The van der Waals surface area contributed by atoms with Crippen molar-refractivity contribution in [1.82, 2.24) is 10.4 Å². The first-order valence-electron chi connectivity index (χ1n) is 6.78. The van der Waals surface area contributed by atoms with Gasteiger partial charge in [0, 0.05) is 24.7 Å². The summed E-state index contributed by atoms with van der Waals surface area (Å²) >= 11 is 0. The molecule has 1 fully saturated rings. The average molecular weight is 279 g/mol. The highest BCUT2D eigenvalue weighted by Gasteiger charge is 2.17. The summed E-state index contributed by atoms with van der Waals surface area (Å²) in [5, 5.41) is 10.9. The molecule has 0 spiro atoms. The number of benzene rings is 1. The minimum atomic E-state index is -0.354. The molecular formula is C14H21N3O3. The number of aliphatic hydroxyl groups is 1. The molecule has 0 unspecified atom stereocenters. The molecule has 1 aliphatic heterocycles. The Morgan fingerprint density at radius 1 is 1.40 bits per heavy atom. The van der Waals surface area contributed by atoms with Crippen LogP contribution in [0.2, 0.25) is 0 Å². The average Bonchev–Trinajstić information content (AvgIpc) is 2.48. The maximum atomic E-state index is 12.3. The first kappa shape index (κ1) is 14.9. The van der Waals surface area contributed by atoms with Crippen molar-refractivity contribution in [1.29, 1.82) is 0 Å². The molecule has 1 atom stereocenters. The smallest absolute Gasteiger partial charge is 0.265 e. The van der Waals surface area contributed by atoms with Crippen molar-refractivity contribution in [3.05, 3.63) is 35.4 Å². The maximum Gasteiger partial charge on any atom is 0.265 e. The van der Waals surface area contributed by atoms with E-state index in [-0.39, 0.29) is 18.6 Å². The molecule has 0 aromatic heterocycles. The molecule has 1 aromatic rings. The summed E-state index contributed by atoms with van der Waals surface area (Å²) in [7, 11) is 0. The van der Waals surface area contributed by atoms with Gasteiger partial charge in [-0.1, -0.05) is 18.2 Å². The van der Waals surface area contributed by atoms with Crippen molar-refractivity contribution in [3.8, 4) is 0 Å². The molecule has 0 radical (unpaired) electrons. The van der Waals surface area contributed by atoms with Crippen LogP contribution in [0.15, 0.2) is 24.3 Å². The van der Waals surface area contributed by atoms with Crippen LogP contribution >= 0.6 is 0 Å². The third kappa shape index (κ3) is 4.01. The molecule has 4 N–H and O–H groups in total. The number of hydrogen-bond acceptors (Lipinski definition) is 5. The first-order valence-corrected chi connectivity index (χ1v) is 6.78. The summed E-state index contributed by atoms with van der Waals surface area (Å²) in [6.45, 7) is 2.52. The molecule has 1 aromatic carbocycles. The molecular weight excluding hydrogens is 258 g/mol. The summed E-state index contributed by atoms with van der Waals surface area (Å²) in [5.74, 6) is -0.146. The van der Waals surface area contributed by atoms with Crippen LogP contribution in [-0.4, -0.2) is 55.0 Å². The Morgan fingerprint density at radius 2 is 2.10 bits per heavy atom. The fraction of sp³-hybridized carbons (Fsp3) is 0.500. The minimum absolute atomic E-state index is 0.0978. The molecule has 6 nitrogen and oxygen atoms in total. The Bertz CT molecular complexity index is 447. The maximum absolute atomic E-state index is 12.3. The van der Waals surface area contributed by atoms with Crippen LogP contribution in [0.5, 0.6) is 0 Å². The SMILES string of the molecule is N[C@@H](CO)Cc1ccccc1C(=O)NN1CCOCC1. The second-order valence-corrected chi connectivity index (χ2v) is 4.84. The molecule has 0 bridgehead atoms. The van der Waals surface area contributed by atoms with Gasteiger partial charge in [0.1, 0.15) is 0 Å². The fourth-order valence-electron chi connectivity index (χ4n) is 2.15. The highest BCUT2D eigenvalue weighted by atomic mass is 16.5. The van der Waals surface area contributed by atoms with Gasteiger partial charge < -0.3 is 15.6 Å². The van der Waals surface area contributed by atoms with E-state index < -0.39 is 0 Å². The lowest BCUT2D eigenvalue weighted by Gasteiger charge is -2.27. The summed E-state index contributed by atoms with van der Waals surface area (Å²) in [4.78, 5) is 12.3. The van der Waals surface area contributed by atoms with Gasteiger partial charge in [0.15, 0.2) is 0 Å². The number of hydrogen-bond donors (Lipinski definition) is 3. The highest BCUT2D eigenvalue weighted by molar-refractivity contribution is 5.95. The topological polar surface area (TPSA) is 87.8 Å². The van der Waals surface area contributed by atoms with E-state index in [1.54, 1.807) is 6.07 Å². The monoisotopic (exact) mass is 279 g/mol. The summed E-state index contributed by atoms with van der Waals surface area (Å²) in [5.41, 5.74) is 10.1. The van der Waals surface area contributed by atoms with Crippen LogP contribution in [0.4, 0.5) is 0 Å². The molecule has 1 heterocycles. The number of nitrogens with two attached hydrogens (primary N) is 1. The van der Waals surface area contributed by atoms with E-state index in [1.165, 1.54) is 0 Å². The van der Waals surface area contributed by atoms with Crippen molar-refractivity contribution >= 4 is 5.91 Å². The Hall–Kier alpha value is -1.47. The second kappa shape index (κ2) is 7.35. The van der Waals surface area contributed by atoms with Crippen LogP contribution in [0.25, 0.3) is 0 Å². The Labute approximate surface area is 118 Å². The number of amides is 1. The van der Waals surface area contributed by atoms with E-state index >= 15 is 0 Å². The lowest BCUT2D eigenvalue weighted by atomic mass is 10.0. The number of carbonyl (C=O) groups excluding carboxylic acids is 1. The normalized spacial score (nSPS) is 17.7. The van der Waals surface area contributed by atoms with Crippen LogP contribution in [0.1, 0.15) is 15.9 Å². The zero-order chi connectivity index (χ0) is 14.4. The number of morpholine rings is 1. The number of hydrazine groups is 1. The Kier molecular flexibility index (Phi) is 5.49. The van der Waals surface area contributed by atoms with Gasteiger partial charge >= 0.3 is 0 Å². The largest absolute Gasteiger partial charge is 0.395 e. The molecule has 0 saturated carbocycles. The predicted molar refractivity (Wildman–Crippen MR) is 75.1 cm³/mol. The van der Waals surface area contributed by atoms with Crippen LogP contribution in [0.3, 0.4) is 0 Å². The Balaban J connectivity index is 2.04. The summed E-state index contributed by atoms with van der Waals surface area (Å²) in [6, 6.07) is 6.97. The molecule has 6 heteroatoms. The van der Waals surface area contributed by atoms with E-state index in [2.05, 4.69) is 5.43 Å². The van der Waals surface area contributed by atoms with Crippen molar-refractivity contribution in [2.75, 3.05) is 32.9 Å². The van der Waals surface area contributed by atoms with E-state index in [9.17, 15) is 4.79 Å². The highest BCUT2D eigenvalue weighted by Crippen LogP contribution is 2.11. The molecule has 1 amide bonds. The van der Waals surface area contributed by atoms with Gasteiger partial charge in [-0.3, -0.25) is 10.2 Å². The Morgan fingerprint density at radius 3 is 2.80 bits per heavy atom. The van der Waals surface area contributed by atoms with Gasteiger partial charge in [0.2, 0.25) is 0 Å². The van der Waals surface area contributed by atoms with E-state index in [1.807, 2.05) is 23.2 Å². The van der Waals surface area contributed by atoms with Gasteiger partial charge in [-0.2, -0.15) is 0 Å². The van der Waals surface area contributed by atoms with Crippen LogP contribution in [0, 0.1) is 0 Å². The molecule has 0 aliphatic carbocycles. The van der Waals surface area contributed by atoms with Crippen molar-refractivity contribution < 1.29 is 14.6 Å². The second-order valence-electron chi connectivity index (χ2n) is 4.84. The van der Waals surface area contributed by atoms with Crippen molar-refractivity contribution in [2.45, 2.75) is 12.5 Å². The first-order chi connectivity index (χ1) is 9.70. The number of nitrogens with one attached hydrogen (secondary N) is 1. The van der Waals surface area contributed by atoms with Crippen molar-refractivity contribution in [2.24, 2.45) is 5.73 Å². The third-order valence-corrected chi connectivity index (χ3v) is 3.25. The molecule has 2 rings (SSSR count). The fourth-order valence-corrected chi connectivity index (χ4v) is 2.15. The van der Waals surface area contributed by atoms with E-state index in [4.69, 9.17) is 15.6 Å². The lowest BCUT2D eigenvalue weighted by molar-refractivity contribution is 0.0126. The summed E-state index contributed by atoms with van der Waals surface area (Å²) in [6.07, 6.45) is 0.475. The zero-order valence-corrected chi connectivity index (χ0v) is 11.4. The van der Waals surface area contributed by atoms with Crippen molar-refractivity contribution in [3.63, 3.8) is 0 Å². The van der Waals surface area contributed by atoms with Gasteiger partial charge in [-0.05, 0) is 18.1 Å². The molecule has 110 valence electrons.